The topological polar surface area (TPSA) is 73.8 Å². The number of allylic oxidation sites excluding steroid dienone is 1. The van der Waals surface area contributed by atoms with Crippen molar-refractivity contribution in [2.24, 2.45) is 5.92 Å². The second-order valence-electron chi connectivity index (χ2n) is 7.92. The van der Waals surface area contributed by atoms with Crippen molar-refractivity contribution in [3.63, 3.8) is 0 Å². The van der Waals surface area contributed by atoms with Gasteiger partial charge in [0.1, 0.15) is 17.6 Å². The Bertz CT molecular complexity index is 996. The van der Waals surface area contributed by atoms with Crippen LogP contribution in [-0.2, 0) is 0 Å². The standard InChI is InChI=1S/C27H30O4/c1-4-23(27(30)25-11-8-14-31-25)24(28)13-12-22(21-9-6-5-7-10-21)17-20-15-18(2)26(29)19(3)16-20/h4-11,14-17,23-24,27-30H,1,12-13H2,2-3H3/b22-17-/t23-,24-,27+/m1/s1. The maximum Gasteiger partial charge on any atom is 0.132 e. The van der Waals surface area contributed by atoms with Crippen molar-refractivity contribution < 1.29 is 19.7 Å². The molecule has 0 saturated carbocycles. The number of benzene rings is 2. The number of furan rings is 1. The SMILES string of the molecule is C=C[C@H]([C@H](O)CC/C(=C/c1cc(C)c(O)c(C)c1)c1ccccc1)[C@H](O)c1ccco1. The fourth-order valence-corrected chi connectivity index (χ4v) is 3.87. The smallest absolute Gasteiger partial charge is 0.132 e. The molecule has 0 amide bonds. The van der Waals surface area contributed by atoms with Crippen LogP contribution >= 0.6 is 0 Å². The average Bonchev–Trinajstić information content (AvgIpc) is 3.31. The Hall–Kier alpha value is -3.08. The Morgan fingerprint density at radius 3 is 2.29 bits per heavy atom. The molecule has 1 heterocycles. The number of phenolic OH excluding ortho intramolecular Hbond substituents is 1. The summed E-state index contributed by atoms with van der Waals surface area (Å²) in [7, 11) is 0. The lowest BCUT2D eigenvalue weighted by atomic mass is 9.88. The van der Waals surface area contributed by atoms with E-state index in [1.807, 2.05) is 56.3 Å². The first-order valence-corrected chi connectivity index (χ1v) is 10.5. The molecule has 162 valence electrons. The summed E-state index contributed by atoms with van der Waals surface area (Å²) in [4.78, 5) is 0. The molecule has 0 spiro atoms. The Balaban J connectivity index is 1.83. The molecule has 3 atom stereocenters. The van der Waals surface area contributed by atoms with Gasteiger partial charge in [-0.3, -0.25) is 0 Å². The summed E-state index contributed by atoms with van der Waals surface area (Å²) in [5.74, 6) is 0.189. The highest BCUT2D eigenvalue weighted by Gasteiger charge is 2.27. The average molecular weight is 419 g/mol. The van der Waals surface area contributed by atoms with Crippen LogP contribution in [-0.4, -0.2) is 21.4 Å². The Morgan fingerprint density at radius 2 is 1.71 bits per heavy atom. The van der Waals surface area contributed by atoms with E-state index in [0.717, 1.165) is 27.8 Å². The van der Waals surface area contributed by atoms with Crippen molar-refractivity contribution in [1.29, 1.82) is 0 Å². The molecule has 0 unspecified atom stereocenters. The molecular weight excluding hydrogens is 388 g/mol. The third kappa shape index (κ3) is 5.54. The molecule has 4 heteroatoms. The highest BCUT2D eigenvalue weighted by atomic mass is 16.4. The van der Waals surface area contributed by atoms with E-state index in [4.69, 9.17) is 4.42 Å². The van der Waals surface area contributed by atoms with Gasteiger partial charge in [-0.05, 0) is 78.8 Å². The Morgan fingerprint density at radius 1 is 1.03 bits per heavy atom. The summed E-state index contributed by atoms with van der Waals surface area (Å²) in [5.41, 5.74) is 4.79. The van der Waals surface area contributed by atoms with Gasteiger partial charge in [0, 0.05) is 5.92 Å². The predicted octanol–water partition coefficient (Wildman–Crippen LogP) is 5.82. The zero-order valence-electron chi connectivity index (χ0n) is 18.0. The lowest BCUT2D eigenvalue weighted by Gasteiger charge is -2.24. The number of aliphatic hydroxyl groups is 2. The van der Waals surface area contributed by atoms with Crippen LogP contribution in [0.3, 0.4) is 0 Å². The van der Waals surface area contributed by atoms with Gasteiger partial charge < -0.3 is 19.7 Å². The van der Waals surface area contributed by atoms with Crippen molar-refractivity contribution in [3.05, 3.63) is 102 Å². The van der Waals surface area contributed by atoms with Gasteiger partial charge in [-0.1, -0.05) is 42.5 Å². The van der Waals surface area contributed by atoms with Gasteiger partial charge >= 0.3 is 0 Å². The van der Waals surface area contributed by atoms with E-state index in [0.29, 0.717) is 24.4 Å². The second-order valence-corrected chi connectivity index (χ2v) is 7.92. The lowest BCUT2D eigenvalue weighted by Crippen LogP contribution is -2.24. The van der Waals surface area contributed by atoms with Crippen molar-refractivity contribution >= 4 is 11.6 Å². The molecule has 0 aliphatic rings. The van der Waals surface area contributed by atoms with Gasteiger partial charge in [0.2, 0.25) is 0 Å². The monoisotopic (exact) mass is 418 g/mol. The van der Waals surface area contributed by atoms with Crippen LogP contribution in [0.1, 0.15) is 47.0 Å². The zero-order valence-corrected chi connectivity index (χ0v) is 18.0. The van der Waals surface area contributed by atoms with Gasteiger partial charge in [0.25, 0.3) is 0 Å². The number of phenols is 1. The highest BCUT2D eigenvalue weighted by Crippen LogP contribution is 2.32. The summed E-state index contributed by atoms with van der Waals surface area (Å²) in [6.45, 7) is 7.56. The zero-order chi connectivity index (χ0) is 22.4. The summed E-state index contributed by atoms with van der Waals surface area (Å²) in [5, 5.41) is 31.5. The van der Waals surface area contributed by atoms with Gasteiger partial charge in [-0.2, -0.15) is 0 Å². The lowest BCUT2D eigenvalue weighted by molar-refractivity contribution is 0.0214. The molecule has 31 heavy (non-hydrogen) atoms. The molecule has 0 aliphatic carbocycles. The van der Waals surface area contributed by atoms with Crippen molar-refractivity contribution in [3.8, 4) is 5.75 Å². The van der Waals surface area contributed by atoms with E-state index in [-0.39, 0.29) is 0 Å². The van der Waals surface area contributed by atoms with Gasteiger partial charge in [-0.25, -0.2) is 0 Å². The molecule has 3 N–H and O–H groups in total. The number of hydrogen-bond acceptors (Lipinski definition) is 4. The first-order valence-electron chi connectivity index (χ1n) is 10.5. The number of hydrogen-bond donors (Lipinski definition) is 3. The minimum Gasteiger partial charge on any atom is -0.507 e. The first kappa shape index (κ1) is 22.6. The van der Waals surface area contributed by atoms with Gasteiger partial charge in [0.15, 0.2) is 0 Å². The third-order valence-electron chi connectivity index (χ3n) is 5.62. The van der Waals surface area contributed by atoms with Crippen LogP contribution in [0.2, 0.25) is 0 Å². The molecule has 0 radical (unpaired) electrons. The van der Waals surface area contributed by atoms with Crippen LogP contribution in [0.25, 0.3) is 11.6 Å². The number of aliphatic hydroxyl groups excluding tert-OH is 2. The summed E-state index contributed by atoms with van der Waals surface area (Å²) < 4.78 is 5.29. The summed E-state index contributed by atoms with van der Waals surface area (Å²) >= 11 is 0. The number of aryl methyl sites for hydroxylation is 2. The number of aromatic hydroxyl groups is 1. The van der Waals surface area contributed by atoms with Crippen LogP contribution < -0.4 is 0 Å². The largest absolute Gasteiger partial charge is 0.507 e. The Kier molecular flexibility index (Phi) is 7.50. The molecule has 0 fully saturated rings. The molecule has 0 aliphatic heterocycles. The minimum atomic E-state index is -0.950. The van der Waals surface area contributed by atoms with E-state index in [1.54, 1.807) is 18.2 Å². The second kappa shape index (κ2) is 10.3. The molecular formula is C27H30O4. The van der Waals surface area contributed by atoms with E-state index in [1.165, 1.54) is 6.26 Å². The van der Waals surface area contributed by atoms with Gasteiger partial charge in [-0.15, -0.1) is 6.58 Å². The quantitative estimate of drug-likeness (QED) is 0.302. The summed E-state index contributed by atoms with van der Waals surface area (Å²) in [6.07, 6.45) is 4.50. The minimum absolute atomic E-state index is 0.314. The molecule has 0 bridgehead atoms. The van der Waals surface area contributed by atoms with Crippen LogP contribution in [0.5, 0.6) is 5.75 Å². The first-order chi connectivity index (χ1) is 14.9. The van der Waals surface area contributed by atoms with Crippen molar-refractivity contribution in [2.45, 2.75) is 38.9 Å². The molecule has 1 aromatic heterocycles. The van der Waals surface area contributed by atoms with Crippen LogP contribution in [0, 0.1) is 19.8 Å². The van der Waals surface area contributed by atoms with Crippen LogP contribution in [0.15, 0.2) is 77.9 Å². The fourth-order valence-electron chi connectivity index (χ4n) is 3.87. The van der Waals surface area contributed by atoms with Gasteiger partial charge in [0.05, 0.1) is 12.4 Å². The fraction of sp³-hybridized carbons (Fsp3) is 0.259. The van der Waals surface area contributed by atoms with E-state index in [2.05, 4.69) is 12.7 Å². The van der Waals surface area contributed by atoms with Crippen molar-refractivity contribution in [1.82, 2.24) is 0 Å². The molecule has 3 aromatic rings. The molecule has 3 rings (SSSR count). The van der Waals surface area contributed by atoms with E-state index in [9.17, 15) is 15.3 Å². The third-order valence-corrected chi connectivity index (χ3v) is 5.62. The highest BCUT2D eigenvalue weighted by molar-refractivity contribution is 5.82. The maximum atomic E-state index is 10.8. The Labute approximate surface area is 183 Å². The molecule has 4 nitrogen and oxygen atoms in total. The van der Waals surface area contributed by atoms with E-state index < -0.39 is 18.1 Å². The molecule has 0 saturated heterocycles. The normalized spacial score (nSPS) is 14.8. The number of rotatable bonds is 9. The predicted molar refractivity (Wildman–Crippen MR) is 124 cm³/mol. The summed E-state index contributed by atoms with van der Waals surface area (Å²) in [6, 6.07) is 17.3. The van der Waals surface area contributed by atoms with Crippen LogP contribution in [0.4, 0.5) is 0 Å². The van der Waals surface area contributed by atoms with E-state index >= 15 is 0 Å². The van der Waals surface area contributed by atoms with Crippen molar-refractivity contribution in [2.75, 3.05) is 0 Å². The maximum absolute atomic E-state index is 10.8. The molecule has 2 aromatic carbocycles.